The molecule has 1 heterocycles. The van der Waals surface area contributed by atoms with Crippen LogP contribution in [0.3, 0.4) is 0 Å². The molecule has 0 aromatic rings. The van der Waals surface area contributed by atoms with Crippen LogP contribution in [0.2, 0.25) is 36.3 Å². The van der Waals surface area contributed by atoms with Crippen molar-refractivity contribution >= 4 is 32.6 Å². The van der Waals surface area contributed by atoms with Crippen LogP contribution in [0.5, 0.6) is 0 Å². The SMILES string of the molecule is C=C(O[Si](C)(C)C(C)(C)C)[C@H]1OC(CBr)(C[C@@H](CCC)O[Si](C)(C)C(C)(C)C)C[C@H]1C. The van der Waals surface area contributed by atoms with E-state index in [1.54, 1.807) is 0 Å². The Morgan fingerprint density at radius 3 is 2.03 bits per heavy atom. The van der Waals surface area contributed by atoms with Gasteiger partial charge in [0, 0.05) is 17.9 Å². The molecule has 184 valence electrons. The zero-order valence-electron chi connectivity index (χ0n) is 22.6. The molecule has 0 aromatic heterocycles. The van der Waals surface area contributed by atoms with Gasteiger partial charge in [-0.15, -0.1) is 0 Å². The third-order valence-electron chi connectivity index (χ3n) is 7.82. The second kappa shape index (κ2) is 10.3. The van der Waals surface area contributed by atoms with Crippen LogP contribution >= 0.6 is 15.9 Å². The minimum atomic E-state index is -1.93. The molecule has 1 saturated heterocycles. The Morgan fingerprint density at radius 1 is 1.10 bits per heavy atom. The summed E-state index contributed by atoms with van der Waals surface area (Å²) in [6.45, 7) is 31.9. The van der Waals surface area contributed by atoms with Crippen molar-refractivity contribution in [2.45, 2.75) is 135 Å². The molecule has 4 atom stereocenters. The maximum Gasteiger partial charge on any atom is 0.250 e. The number of rotatable bonds is 10. The maximum atomic E-state index is 6.88. The molecule has 6 heteroatoms. The highest BCUT2D eigenvalue weighted by molar-refractivity contribution is 9.09. The van der Waals surface area contributed by atoms with Gasteiger partial charge >= 0.3 is 0 Å². The van der Waals surface area contributed by atoms with Gasteiger partial charge in [-0.2, -0.15) is 0 Å². The van der Waals surface area contributed by atoms with Crippen LogP contribution in [0.4, 0.5) is 0 Å². The average Bonchev–Trinajstić information content (AvgIpc) is 2.89. The summed E-state index contributed by atoms with van der Waals surface area (Å²) in [4.78, 5) is 0. The molecule has 0 spiro atoms. The lowest BCUT2D eigenvalue weighted by atomic mass is 9.89. The lowest BCUT2D eigenvalue weighted by Crippen LogP contribution is -2.47. The average molecular weight is 536 g/mol. The summed E-state index contributed by atoms with van der Waals surface area (Å²) in [6.07, 6.45) is 4.30. The lowest BCUT2D eigenvalue weighted by Gasteiger charge is -2.42. The predicted octanol–water partition coefficient (Wildman–Crippen LogP) is 8.66. The van der Waals surface area contributed by atoms with Crippen molar-refractivity contribution in [2.75, 3.05) is 5.33 Å². The molecule has 1 fully saturated rings. The summed E-state index contributed by atoms with van der Waals surface area (Å²) in [5, 5.41) is 1.17. The van der Waals surface area contributed by atoms with E-state index in [1.807, 2.05) is 0 Å². The molecule has 3 nitrogen and oxygen atoms in total. The fourth-order valence-electron chi connectivity index (χ4n) is 3.85. The van der Waals surface area contributed by atoms with Gasteiger partial charge in [-0.1, -0.05) is 84.3 Å². The van der Waals surface area contributed by atoms with Gasteiger partial charge in [0.15, 0.2) is 8.32 Å². The smallest absolute Gasteiger partial charge is 0.250 e. The molecule has 0 amide bonds. The normalized spacial score (nSPS) is 26.7. The maximum absolute atomic E-state index is 6.88. The van der Waals surface area contributed by atoms with Crippen LogP contribution in [-0.2, 0) is 13.6 Å². The molecule has 0 aliphatic carbocycles. The summed E-state index contributed by atoms with van der Waals surface area (Å²) in [7, 11) is -3.77. The highest BCUT2D eigenvalue weighted by Gasteiger charge is 2.49. The first-order valence-electron chi connectivity index (χ1n) is 12.1. The Balaban J connectivity index is 3.01. The van der Waals surface area contributed by atoms with Crippen LogP contribution < -0.4 is 0 Å². The highest BCUT2D eigenvalue weighted by atomic mass is 79.9. The molecule has 1 aliphatic rings. The summed E-state index contributed by atoms with van der Waals surface area (Å²) < 4.78 is 20.2. The van der Waals surface area contributed by atoms with E-state index < -0.39 is 16.6 Å². The number of alkyl halides is 1. The second-order valence-electron chi connectivity index (χ2n) is 12.9. The quantitative estimate of drug-likeness (QED) is 0.159. The van der Waals surface area contributed by atoms with Crippen LogP contribution in [0, 0.1) is 5.92 Å². The Bertz CT molecular complexity index is 607. The van der Waals surface area contributed by atoms with Crippen LogP contribution in [0.25, 0.3) is 0 Å². The third kappa shape index (κ3) is 7.43. The Labute approximate surface area is 204 Å². The summed E-state index contributed by atoms with van der Waals surface area (Å²) in [6, 6.07) is 0. The summed E-state index contributed by atoms with van der Waals surface area (Å²) in [5.74, 6) is 1.20. The van der Waals surface area contributed by atoms with E-state index in [4.69, 9.17) is 13.6 Å². The number of halogens is 1. The molecule has 0 N–H and O–H groups in total. The van der Waals surface area contributed by atoms with E-state index in [0.717, 1.165) is 36.8 Å². The van der Waals surface area contributed by atoms with Crippen molar-refractivity contribution < 1.29 is 13.6 Å². The van der Waals surface area contributed by atoms with E-state index >= 15 is 0 Å². The Kier molecular flexibility index (Phi) is 9.80. The monoisotopic (exact) mass is 534 g/mol. The minimum Gasteiger partial charge on any atom is -0.545 e. The molecule has 0 saturated carbocycles. The Hall–Kier alpha value is 0.374. The first-order chi connectivity index (χ1) is 13.8. The van der Waals surface area contributed by atoms with Crippen LogP contribution in [0.15, 0.2) is 12.3 Å². The van der Waals surface area contributed by atoms with Crippen molar-refractivity contribution in [2.24, 2.45) is 5.92 Å². The summed E-state index contributed by atoms with van der Waals surface area (Å²) >= 11 is 3.80. The fourth-order valence-corrected chi connectivity index (χ4v) is 6.91. The van der Waals surface area contributed by atoms with Gasteiger partial charge in [-0.3, -0.25) is 0 Å². The number of hydrogen-bond acceptors (Lipinski definition) is 3. The first kappa shape index (κ1) is 29.4. The van der Waals surface area contributed by atoms with E-state index in [-0.39, 0.29) is 27.9 Å². The molecule has 0 radical (unpaired) electrons. The highest BCUT2D eigenvalue weighted by Crippen LogP contribution is 2.46. The van der Waals surface area contributed by atoms with Gasteiger partial charge in [0.2, 0.25) is 8.32 Å². The predicted molar refractivity (Wildman–Crippen MR) is 144 cm³/mol. The number of ether oxygens (including phenoxy) is 1. The van der Waals surface area contributed by atoms with Crippen LogP contribution in [-0.4, -0.2) is 39.8 Å². The van der Waals surface area contributed by atoms with Crippen molar-refractivity contribution in [3.63, 3.8) is 0 Å². The van der Waals surface area contributed by atoms with E-state index in [9.17, 15) is 0 Å². The zero-order valence-corrected chi connectivity index (χ0v) is 26.2. The van der Waals surface area contributed by atoms with Gasteiger partial charge < -0.3 is 13.6 Å². The van der Waals surface area contributed by atoms with E-state index in [2.05, 4.69) is 104 Å². The van der Waals surface area contributed by atoms with Gasteiger partial charge in [0.05, 0.1) is 5.60 Å². The van der Waals surface area contributed by atoms with Gasteiger partial charge in [-0.25, -0.2) is 0 Å². The fraction of sp³-hybridized carbons (Fsp3) is 0.920. The molecule has 1 aliphatic heterocycles. The molecule has 31 heavy (non-hydrogen) atoms. The van der Waals surface area contributed by atoms with Gasteiger partial charge in [0.1, 0.15) is 11.9 Å². The molecule has 0 aromatic carbocycles. The Morgan fingerprint density at radius 2 is 1.61 bits per heavy atom. The van der Waals surface area contributed by atoms with Crippen molar-refractivity contribution in [3.05, 3.63) is 12.3 Å². The molecule has 1 unspecified atom stereocenters. The topological polar surface area (TPSA) is 27.7 Å². The minimum absolute atomic E-state index is 0.0539. The van der Waals surface area contributed by atoms with Crippen molar-refractivity contribution in [1.82, 2.24) is 0 Å². The molecule has 0 bridgehead atoms. The van der Waals surface area contributed by atoms with E-state index in [1.165, 1.54) is 0 Å². The zero-order chi connectivity index (χ0) is 24.5. The van der Waals surface area contributed by atoms with Gasteiger partial charge in [0.25, 0.3) is 0 Å². The largest absolute Gasteiger partial charge is 0.545 e. The summed E-state index contributed by atoms with van der Waals surface area (Å²) in [5.41, 5.74) is -0.230. The third-order valence-corrected chi connectivity index (χ3v) is 17.8. The van der Waals surface area contributed by atoms with Crippen molar-refractivity contribution in [3.8, 4) is 0 Å². The molecular formula is C25H51BrO3Si2. The molecular weight excluding hydrogens is 484 g/mol. The van der Waals surface area contributed by atoms with E-state index in [0.29, 0.717) is 5.92 Å². The van der Waals surface area contributed by atoms with Gasteiger partial charge in [-0.05, 0) is 55.0 Å². The second-order valence-corrected chi connectivity index (χ2v) is 22.9. The van der Waals surface area contributed by atoms with Crippen LogP contribution in [0.1, 0.15) is 81.1 Å². The first-order valence-corrected chi connectivity index (χ1v) is 19.0. The van der Waals surface area contributed by atoms with Crippen molar-refractivity contribution in [1.29, 1.82) is 0 Å². The molecule has 1 rings (SSSR count). The standard InChI is InChI=1S/C25H51BrO3Si2/c1-14-15-21(29-31(12,13)24(7,8)9)17-25(18-26)16-19(2)22(27-25)20(3)28-30(10,11)23(4,5)6/h19,21-22H,3,14-18H2,1-2,4-13H3/t19-,21-,22+,25?/m1/s1. The number of hydrogen-bond donors (Lipinski definition) is 0. The lowest BCUT2D eigenvalue weighted by molar-refractivity contribution is -0.0515.